The second-order valence-electron chi connectivity index (χ2n) is 7.10. The van der Waals surface area contributed by atoms with Crippen molar-refractivity contribution < 1.29 is 4.79 Å². The fourth-order valence-corrected chi connectivity index (χ4v) is 3.86. The van der Waals surface area contributed by atoms with Crippen molar-refractivity contribution in [1.82, 2.24) is 34.5 Å². The van der Waals surface area contributed by atoms with Crippen LogP contribution in [0.3, 0.4) is 0 Å². The fourth-order valence-electron chi connectivity index (χ4n) is 3.86. The molecule has 2 aromatic heterocycles. The summed E-state index contributed by atoms with van der Waals surface area (Å²) in [7, 11) is 0. The summed E-state index contributed by atoms with van der Waals surface area (Å²) in [5, 5.41) is 4.11. The first kappa shape index (κ1) is 17.8. The molecule has 0 aromatic carbocycles. The third-order valence-electron chi connectivity index (χ3n) is 5.59. The Kier molecular flexibility index (Phi) is 5.28. The van der Waals surface area contributed by atoms with Gasteiger partial charge in [0.25, 0.3) is 0 Å². The van der Waals surface area contributed by atoms with Gasteiger partial charge in [-0.3, -0.25) is 4.79 Å². The predicted molar refractivity (Wildman–Crippen MR) is 101 cm³/mol. The van der Waals surface area contributed by atoms with E-state index in [4.69, 9.17) is 0 Å². The molecule has 0 aliphatic carbocycles. The number of carbonyl (C=O) groups excluding carboxylic acids is 1. The smallest absolute Gasteiger partial charge is 0.225 e. The molecule has 1 amide bonds. The summed E-state index contributed by atoms with van der Waals surface area (Å²) in [5.41, 5.74) is 0. The molecule has 0 N–H and O–H groups in total. The van der Waals surface area contributed by atoms with Crippen molar-refractivity contribution in [2.75, 3.05) is 50.7 Å². The number of aromatic nitrogens is 5. The average Bonchev–Trinajstić information content (AvgIpc) is 3.29. The molecule has 4 heterocycles. The van der Waals surface area contributed by atoms with E-state index in [0.717, 1.165) is 64.5 Å². The number of anilines is 1. The molecule has 2 aliphatic heterocycles. The van der Waals surface area contributed by atoms with E-state index < -0.39 is 0 Å². The van der Waals surface area contributed by atoms with E-state index >= 15 is 0 Å². The highest BCUT2D eigenvalue weighted by atomic mass is 16.2. The number of hydrogen-bond acceptors (Lipinski definition) is 7. The van der Waals surface area contributed by atoms with Crippen LogP contribution in [0.4, 0.5) is 5.82 Å². The number of amides is 1. The molecular formula is C18H26N8O. The minimum atomic E-state index is 0.131. The van der Waals surface area contributed by atoms with Crippen molar-refractivity contribution in [1.29, 1.82) is 0 Å². The molecule has 0 spiro atoms. The van der Waals surface area contributed by atoms with Crippen LogP contribution >= 0.6 is 0 Å². The van der Waals surface area contributed by atoms with Gasteiger partial charge in [0.15, 0.2) is 5.82 Å². The Morgan fingerprint density at radius 2 is 1.78 bits per heavy atom. The predicted octanol–water partition coefficient (Wildman–Crippen LogP) is 0.438. The number of nitrogens with zero attached hydrogens (tertiary/aromatic N) is 8. The Labute approximate surface area is 159 Å². The van der Waals surface area contributed by atoms with Crippen molar-refractivity contribution in [3.05, 3.63) is 25.0 Å². The maximum atomic E-state index is 12.8. The van der Waals surface area contributed by atoms with Crippen molar-refractivity contribution in [3.8, 4) is 5.82 Å². The number of carbonyl (C=O) groups is 1. The van der Waals surface area contributed by atoms with Crippen LogP contribution in [-0.2, 0) is 4.79 Å². The number of likely N-dealkylation sites (N-methyl/N-ethyl adjacent to an activating group) is 1. The summed E-state index contributed by atoms with van der Waals surface area (Å²) in [4.78, 5) is 32.1. The average molecular weight is 370 g/mol. The van der Waals surface area contributed by atoms with Crippen LogP contribution in [0.25, 0.3) is 5.82 Å². The van der Waals surface area contributed by atoms with Gasteiger partial charge in [0.2, 0.25) is 5.91 Å². The van der Waals surface area contributed by atoms with Gasteiger partial charge in [-0.05, 0) is 19.4 Å². The molecule has 0 unspecified atom stereocenters. The zero-order chi connectivity index (χ0) is 18.6. The summed E-state index contributed by atoms with van der Waals surface area (Å²) in [6, 6.07) is 1.92. The lowest BCUT2D eigenvalue weighted by Crippen LogP contribution is -2.51. The van der Waals surface area contributed by atoms with Crippen LogP contribution < -0.4 is 4.90 Å². The highest BCUT2D eigenvalue weighted by molar-refractivity contribution is 5.79. The van der Waals surface area contributed by atoms with Crippen molar-refractivity contribution >= 4 is 11.7 Å². The molecule has 9 heteroatoms. The normalized spacial score (nSPS) is 19.4. The summed E-state index contributed by atoms with van der Waals surface area (Å²) in [6.45, 7) is 8.61. The van der Waals surface area contributed by atoms with Gasteiger partial charge in [-0.1, -0.05) is 6.92 Å². The Bertz CT molecular complexity index is 748. The highest BCUT2D eigenvalue weighted by Crippen LogP contribution is 2.24. The molecule has 0 saturated carbocycles. The molecule has 0 bridgehead atoms. The van der Waals surface area contributed by atoms with Gasteiger partial charge in [0.05, 0.1) is 0 Å². The Morgan fingerprint density at radius 3 is 2.44 bits per heavy atom. The second kappa shape index (κ2) is 7.99. The van der Waals surface area contributed by atoms with Crippen LogP contribution in [-0.4, -0.2) is 86.3 Å². The first-order valence-corrected chi connectivity index (χ1v) is 9.67. The topological polar surface area (TPSA) is 83.3 Å². The Balaban J connectivity index is 1.34. The lowest BCUT2D eigenvalue weighted by molar-refractivity contribution is -0.137. The lowest BCUT2D eigenvalue weighted by Gasteiger charge is -2.38. The van der Waals surface area contributed by atoms with Gasteiger partial charge in [-0.25, -0.2) is 19.6 Å². The monoisotopic (exact) mass is 370 g/mol. The molecule has 4 rings (SSSR count). The summed E-state index contributed by atoms with van der Waals surface area (Å²) in [5.74, 6) is 2.03. The van der Waals surface area contributed by atoms with Crippen LogP contribution in [0.2, 0.25) is 0 Å². The molecule has 2 saturated heterocycles. The molecule has 144 valence electrons. The minimum absolute atomic E-state index is 0.131. The first-order chi connectivity index (χ1) is 13.2. The molecule has 2 aromatic rings. The van der Waals surface area contributed by atoms with E-state index in [1.165, 1.54) is 6.33 Å². The molecule has 0 radical (unpaired) electrons. The SMILES string of the molecule is CCN1CCN(C(=O)C2CCN(c3cc(-n4cncn4)ncn3)CC2)CC1. The van der Waals surface area contributed by atoms with Gasteiger partial charge in [-0.2, -0.15) is 5.10 Å². The first-order valence-electron chi connectivity index (χ1n) is 9.67. The molecule has 0 atom stereocenters. The third-order valence-corrected chi connectivity index (χ3v) is 5.59. The van der Waals surface area contributed by atoms with Crippen molar-refractivity contribution in [2.24, 2.45) is 5.92 Å². The molecule has 9 nitrogen and oxygen atoms in total. The number of piperidine rings is 1. The van der Waals surface area contributed by atoms with E-state index in [-0.39, 0.29) is 5.92 Å². The van der Waals surface area contributed by atoms with Gasteiger partial charge in [0.1, 0.15) is 24.8 Å². The van der Waals surface area contributed by atoms with Crippen LogP contribution in [0.5, 0.6) is 0 Å². The largest absolute Gasteiger partial charge is 0.356 e. The van der Waals surface area contributed by atoms with E-state index in [2.05, 4.69) is 41.7 Å². The zero-order valence-electron chi connectivity index (χ0n) is 15.7. The van der Waals surface area contributed by atoms with Crippen molar-refractivity contribution in [3.63, 3.8) is 0 Å². The van der Waals surface area contributed by atoms with Crippen LogP contribution in [0.15, 0.2) is 25.0 Å². The van der Waals surface area contributed by atoms with Gasteiger partial charge in [-0.15, -0.1) is 0 Å². The summed E-state index contributed by atoms with van der Waals surface area (Å²) >= 11 is 0. The van der Waals surface area contributed by atoms with Gasteiger partial charge < -0.3 is 14.7 Å². The number of rotatable bonds is 4. The van der Waals surface area contributed by atoms with E-state index in [9.17, 15) is 4.79 Å². The van der Waals surface area contributed by atoms with E-state index in [1.807, 2.05) is 6.07 Å². The minimum Gasteiger partial charge on any atom is -0.356 e. The Morgan fingerprint density at radius 1 is 1.04 bits per heavy atom. The standard InChI is InChI=1S/C18H26N8O/c1-2-23-7-9-25(10-8-23)18(27)15-3-5-24(6-4-15)16-11-17(21-13-20-16)26-14-19-12-22-26/h11-15H,2-10H2,1H3. The molecule has 2 fully saturated rings. The number of hydrogen-bond donors (Lipinski definition) is 0. The highest BCUT2D eigenvalue weighted by Gasteiger charge is 2.30. The molecule has 2 aliphatic rings. The molecule has 27 heavy (non-hydrogen) atoms. The summed E-state index contributed by atoms with van der Waals surface area (Å²) < 4.78 is 1.62. The van der Waals surface area contributed by atoms with Crippen LogP contribution in [0, 0.1) is 5.92 Å². The maximum absolute atomic E-state index is 12.8. The van der Waals surface area contributed by atoms with Crippen molar-refractivity contribution in [2.45, 2.75) is 19.8 Å². The zero-order valence-corrected chi connectivity index (χ0v) is 15.7. The van der Waals surface area contributed by atoms with E-state index in [0.29, 0.717) is 11.7 Å². The van der Waals surface area contributed by atoms with Gasteiger partial charge >= 0.3 is 0 Å². The van der Waals surface area contributed by atoms with E-state index in [1.54, 1.807) is 17.3 Å². The van der Waals surface area contributed by atoms with Crippen LogP contribution in [0.1, 0.15) is 19.8 Å². The quantitative estimate of drug-likeness (QED) is 0.772. The van der Waals surface area contributed by atoms with Gasteiger partial charge in [0, 0.05) is 51.3 Å². The molecular weight excluding hydrogens is 344 g/mol. The fraction of sp³-hybridized carbons (Fsp3) is 0.611. The third kappa shape index (κ3) is 3.92. The second-order valence-corrected chi connectivity index (χ2v) is 7.10. The maximum Gasteiger partial charge on any atom is 0.225 e. The summed E-state index contributed by atoms with van der Waals surface area (Å²) in [6.07, 6.45) is 6.40. The Hall–Kier alpha value is -2.55. The lowest BCUT2D eigenvalue weighted by atomic mass is 9.95. The number of piperazine rings is 1.